The van der Waals surface area contributed by atoms with E-state index in [0.29, 0.717) is 6.61 Å². The number of ether oxygens (including phenoxy) is 1. The predicted molar refractivity (Wildman–Crippen MR) is 61.2 cm³/mol. The maximum atomic E-state index is 6.00. The molecule has 0 bridgehead atoms. The molecule has 0 fully saturated rings. The van der Waals surface area contributed by atoms with Gasteiger partial charge in [0.05, 0.1) is 22.3 Å². The summed E-state index contributed by atoms with van der Waals surface area (Å²) in [6.07, 6.45) is 2.78. The molecule has 0 radical (unpaired) electrons. The van der Waals surface area contributed by atoms with E-state index in [9.17, 15) is 0 Å². The Kier molecular flexibility index (Phi) is 5.30. The van der Waals surface area contributed by atoms with Crippen molar-refractivity contribution in [2.45, 2.75) is 18.4 Å². The maximum Gasteiger partial charge on any atom is 0.0961 e. The normalized spacial score (nSPS) is 10.5. The zero-order valence-corrected chi connectivity index (χ0v) is 9.99. The van der Waals surface area contributed by atoms with Crippen LogP contribution in [0.15, 0.2) is 17.2 Å². The number of nitrogens with zero attached hydrogens (tertiary/aromatic N) is 1. The summed E-state index contributed by atoms with van der Waals surface area (Å²) in [5.74, 6) is 0. The molecule has 0 aliphatic rings. The van der Waals surface area contributed by atoms with E-state index < -0.39 is 0 Å². The third-order valence-electron chi connectivity index (χ3n) is 1.79. The second-order valence-corrected chi connectivity index (χ2v) is 3.96. The van der Waals surface area contributed by atoms with Crippen molar-refractivity contribution in [3.8, 4) is 0 Å². The zero-order valence-electron chi connectivity index (χ0n) is 8.42. The molecule has 0 amide bonds. The van der Waals surface area contributed by atoms with Crippen molar-refractivity contribution in [2.75, 3.05) is 19.5 Å². The van der Waals surface area contributed by atoms with Crippen molar-refractivity contribution in [2.24, 2.45) is 0 Å². The maximum absolute atomic E-state index is 6.00. The summed E-state index contributed by atoms with van der Waals surface area (Å²) >= 11 is 7.63. The molecule has 0 saturated carbocycles. The molecule has 0 aliphatic carbocycles. The monoisotopic (exact) mass is 231 g/mol. The van der Waals surface area contributed by atoms with E-state index in [1.165, 1.54) is 0 Å². The van der Waals surface area contributed by atoms with Crippen LogP contribution >= 0.6 is 23.4 Å². The van der Waals surface area contributed by atoms with Crippen molar-refractivity contribution in [1.82, 2.24) is 4.98 Å². The topological polar surface area (TPSA) is 22.1 Å². The Morgan fingerprint density at radius 3 is 2.93 bits per heavy atom. The zero-order chi connectivity index (χ0) is 10.4. The summed E-state index contributed by atoms with van der Waals surface area (Å²) in [6.45, 7) is 3.40. The SMILES string of the molecule is CCOCCc1nc(SC)ccc1Cl. The van der Waals surface area contributed by atoms with Crippen LogP contribution in [-0.2, 0) is 11.2 Å². The lowest BCUT2D eigenvalue weighted by Gasteiger charge is -2.05. The van der Waals surface area contributed by atoms with Crippen LogP contribution in [0.25, 0.3) is 0 Å². The quantitative estimate of drug-likeness (QED) is 0.575. The van der Waals surface area contributed by atoms with Gasteiger partial charge in [-0.25, -0.2) is 4.98 Å². The number of rotatable bonds is 5. The van der Waals surface area contributed by atoms with Gasteiger partial charge in [-0.15, -0.1) is 11.8 Å². The number of halogens is 1. The second-order valence-electron chi connectivity index (χ2n) is 2.73. The van der Waals surface area contributed by atoms with E-state index in [1.807, 2.05) is 25.3 Å². The van der Waals surface area contributed by atoms with Crippen LogP contribution < -0.4 is 0 Å². The molecule has 0 N–H and O–H groups in total. The minimum Gasteiger partial charge on any atom is -0.381 e. The molecule has 14 heavy (non-hydrogen) atoms. The summed E-state index contributed by atoms with van der Waals surface area (Å²) in [5, 5.41) is 1.73. The Balaban J connectivity index is 2.64. The number of pyridine rings is 1. The first kappa shape index (κ1) is 11.8. The Morgan fingerprint density at radius 1 is 1.50 bits per heavy atom. The molecule has 0 spiro atoms. The molecular weight excluding hydrogens is 218 g/mol. The molecule has 0 unspecified atom stereocenters. The Bertz CT molecular complexity index is 293. The number of thioether (sulfide) groups is 1. The van der Waals surface area contributed by atoms with Gasteiger partial charge in [0.1, 0.15) is 0 Å². The molecule has 0 saturated heterocycles. The van der Waals surface area contributed by atoms with Gasteiger partial charge in [-0.05, 0) is 25.3 Å². The highest BCUT2D eigenvalue weighted by Gasteiger charge is 2.03. The van der Waals surface area contributed by atoms with Crippen LogP contribution in [0.1, 0.15) is 12.6 Å². The van der Waals surface area contributed by atoms with E-state index in [2.05, 4.69) is 4.98 Å². The van der Waals surface area contributed by atoms with Crippen molar-refractivity contribution < 1.29 is 4.74 Å². The van der Waals surface area contributed by atoms with Crippen molar-refractivity contribution in [3.05, 3.63) is 22.8 Å². The first-order chi connectivity index (χ1) is 6.77. The van der Waals surface area contributed by atoms with E-state index in [1.54, 1.807) is 11.8 Å². The highest BCUT2D eigenvalue weighted by atomic mass is 35.5. The van der Waals surface area contributed by atoms with Gasteiger partial charge in [0, 0.05) is 13.0 Å². The highest BCUT2D eigenvalue weighted by Crippen LogP contribution is 2.19. The minimum absolute atomic E-state index is 0.682. The Labute approximate surface area is 94.0 Å². The largest absolute Gasteiger partial charge is 0.381 e. The van der Waals surface area contributed by atoms with Gasteiger partial charge in [0.15, 0.2) is 0 Å². The lowest BCUT2D eigenvalue weighted by atomic mass is 10.3. The molecule has 0 aliphatic heterocycles. The lowest BCUT2D eigenvalue weighted by Crippen LogP contribution is -2.01. The highest BCUT2D eigenvalue weighted by molar-refractivity contribution is 7.98. The summed E-state index contributed by atoms with van der Waals surface area (Å²) < 4.78 is 5.26. The number of hydrogen-bond donors (Lipinski definition) is 0. The van der Waals surface area contributed by atoms with Crippen LogP contribution in [0, 0.1) is 0 Å². The van der Waals surface area contributed by atoms with Crippen molar-refractivity contribution in [3.63, 3.8) is 0 Å². The van der Waals surface area contributed by atoms with E-state index in [-0.39, 0.29) is 0 Å². The molecule has 1 aromatic rings. The summed E-state index contributed by atoms with van der Waals surface area (Å²) in [5.41, 5.74) is 0.923. The van der Waals surface area contributed by atoms with Gasteiger partial charge < -0.3 is 4.74 Å². The fraction of sp³-hybridized carbons (Fsp3) is 0.500. The number of hydrogen-bond acceptors (Lipinski definition) is 3. The molecule has 1 heterocycles. The molecule has 0 atom stereocenters. The molecule has 0 aromatic carbocycles. The minimum atomic E-state index is 0.682. The van der Waals surface area contributed by atoms with Gasteiger partial charge in [-0.2, -0.15) is 0 Å². The predicted octanol–water partition coefficient (Wildman–Crippen LogP) is 3.04. The van der Waals surface area contributed by atoms with Gasteiger partial charge in [-0.1, -0.05) is 11.6 Å². The van der Waals surface area contributed by atoms with Crippen molar-refractivity contribution >= 4 is 23.4 Å². The molecule has 2 nitrogen and oxygen atoms in total. The molecule has 1 aromatic heterocycles. The first-order valence-electron chi connectivity index (χ1n) is 4.55. The molecule has 4 heteroatoms. The third kappa shape index (κ3) is 3.48. The first-order valence-corrected chi connectivity index (χ1v) is 6.15. The van der Waals surface area contributed by atoms with Crippen LogP contribution in [0.2, 0.25) is 5.02 Å². The third-order valence-corrected chi connectivity index (χ3v) is 2.78. The van der Waals surface area contributed by atoms with E-state index in [4.69, 9.17) is 16.3 Å². The van der Waals surface area contributed by atoms with Crippen LogP contribution in [0.3, 0.4) is 0 Å². The average molecular weight is 232 g/mol. The fourth-order valence-electron chi connectivity index (χ4n) is 1.07. The standard InChI is InChI=1S/C10H14ClNOS/c1-3-13-7-6-9-8(11)4-5-10(12-9)14-2/h4-5H,3,6-7H2,1-2H3. The lowest BCUT2D eigenvalue weighted by molar-refractivity contribution is 0.150. The molecule has 78 valence electrons. The number of aromatic nitrogens is 1. The smallest absolute Gasteiger partial charge is 0.0961 e. The van der Waals surface area contributed by atoms with Crippen molar-refractivity contribution in [1.29, 1.82) is 0 Å². The summed E-state index contributed by atoms with van der Waals surface area (Å²) in [6, 6.07) is 3.82. The van der Waals surface area contributed by atoms with Gasteiger partial charge in [0.25, 0.3) is 0 Å². The van der Waals surface area contributed by atoms with E-state index >= 15 is 0 Å². The van der Waals surface area contributed by atoms with Gasteiger partial charge in [0.2, 0.25) is 0 Å². The Morgan fingerprint density at radius 2 is 2.29 bits per heavy atom. The van der Waals surface area contributed by atoms with E-state index in [0.717, 1.165) is 28.8 Å². The molecule has 1 rings (SSSR count). The van der Waals surface area contributed by atoms with Crippen LogP contribution in [0.5, 0.6) is 0 Å². The average Bonchev–Trinajstić information content (AvgIpc) is 2.21. The van der Waals surface area contributed by atoms with Gasteiger partial charge >= 0.3 is 0 Å². The van der Waals surface area contributed by atoms with Crippen LogP contribution in [0.4, 0.5) is 0 Å². The summed E-state index contributed by atoms with van der Waals surface area (Å²) in [7, 11) is 0. The molecular formula is C10H14ClNOS. The van der Waals surface area contributed by atoms with Gasteiger partial charge in [-0.3, -0.25) is 0 Å². The second kappa shape index (κ2) is 6.27. The van der Waals surface area contributed by atoms with Crippen LogP contribution in [-0.4, -0.2) is 24.5 Å². The Hall–Kier alpha value is -0.250. The summed E-state index contributed by atoms with van der Waals surface area (Å²) in [4.78, 5) is 4.41. The fourth-order valence-corrected chi connectivity index (χ4v) is 1.67.